The van der Waals surface area contributed by atoms with Gasteiger partial charge in [-0.25, -0.2) is 0 Å². The predicted octanol–water partition coefficient (Wildman–Crippen LogP) is 1.14. The molecule has 0 rings (SSSR count). The van der Waals surface area contributed by atoms with Gasteiger partial charge in [-0.15, -0.1) is 0 Å². The second-order valence-corrected chi connectivity index (χ2v) is 3.73. The number of aliphatic hydroxyl groups is 1. The first-order valence-electron chi connectivity index (χ1n) is 3.52. The third kappa shape index (κ3) is 6.39. The Hall–Kier alpha value is 0.270. The Bertz CT molecular complexity index is 68.6. The minimum Gasteiger partial charge on any atom is -0.396 e. The maximum absolute atomic E-state index is 8.55. The monoisotopic (exact) mass is 164 g/mol. The number of aliphatic hydroxyl groups excluding tert-OH is 1. The van der Waals surface area contributed by atoms with Crippen LogP contribution in [-0.4, -0.2) is 36.4 Å². The van der Waals surface area contributed by atoms with Crippen molar-refractivity contribution in [1.82, 2.24) is 0 Å². The van der Waals surface area contributed by atoms with Crippen molar-refractivity contribution < 1.29 is 9.84 Å². The van der Waals surface area contributed by atoms with Crippen LogP contribution in [0.1, 0.15) is 13.3 Å². The standard InChI is InChI=1S/C7H16O2S/c1-7(3-4-8)10-6-5-9-2/h7-8H,3-6H2,1-2H3. The lowest BCUT2D eigenvalue weighted by Gasteiger charge is -2.07. The van der Waals surface area contributed by atoms with E-state index in [0.29, 0.717) is 11.9 Å². The van der Waals surface area contributed by atoms with E-state index in [4.69, 9.17) is 9.84 Å². The highest BCUT2D eigenvalue weighted by atomic mass is 32.2. The summed E-state index contributed by atoms with van der Waals surface area (Å²) in [5.41, 5.74) is 0. The Balaban J connectivity index is 2.97. The van der Waals surface area contributed by atoms with Gasteiger partial charge in [0.25, 0.3) is 0 Å². The van der Waals surface area contributed by atoms with Crippen LogP contribution >= 0.6 is 11.8 Å². The predicted molar refractivity (Wildman–Crippen MR) is 45.5 cm³/mol. The molecule has 0 spiro atoms. The van der Waals surface area contributed by atoms with E-state index in [1.165, 1.54) is 0 Å². The summed E-state index contributed by atoms with van der Waals surface area (Å²) in [5.74, 6) is 1.03. The molecular weight excluding hydrogens is 148 g/mol. The Kier molecular flexibility index (Phi) is 7.58. The fourth-order valence-corrected chi connectivity index (χ4v) is 1.54. The first kappa shape index (κ1) is 10.3. The molecule has 0 aliphatic heterocycles. The van der Waals surface area contributed by atoms with E-state index in [-0.39, 0.29) is 0 Å². The van der Waals surface area contributed by atoms with E-state index >= 15 is 0 Å². The second-order valence-electron chi connectivity index (χ2n) is 2.19. The highest BCUT2D eigenvalue weighted by molar-refractivity contribution is 7.99. The van der Waals surface area contributed by atoms with Crippen LogP contribution in [0.2, 0.25) is 0 Å². The van der Waals surface area contributed by atoms with Crippen LogP contribution in [0.5, 0.6) is 0 Å². The summed E-state index contributed by atoms with van der Waals surface area (Å²) >= 11 is 1.84. The number of ether oxygens (including phenoxy) is 1. The van der Waals surface area contributed by atoms with E-state index in [9.17, 15) is 0 Å². The highest BCUT2D eigenvalue weighted by Gasteiger charge is 1.99. The molecule has 3 heteroatoms. The average molecular weight is 164 g/mol. The van der Waals surface area contributed by atoms with E-state index in [1.54, 1.807) is 7.11 Å². The van der Waals surface area contributed by atoms with Gasteiger partial charge in [0.1, 0.15) is 0 Å². The number of hydrogen-bond donors (Lipinski definition) is 1. The summed E-state index contributed by atoms with van der Waals surface area (Å²) in [7, 11) is 1.71. The van der Waals surface area contributed by atoms with Gasteiger partial charge in [0.15, 0.2) is 0 Å². The maximum Gasteiger partial charge on any atom is 0.0553 e. The first-order chi connectivity index (χ1) is 4.81. The zero-order valence-electron chi connectivity index (χ0n) is 6.67. The van der Waals surface area contributed by atoms with Crippen LogP contribution in [0.3, 0.4) is 0 Å². The summed E-state index contributed by atoms with van der Waals surface area (Å²) in [4.78, 5) is 0. The van der Waals surface area contributed by atoms with Gasteiger partial charge in [-0.1, -0.05) is 6.92 Å². The minimum absolute atomic E-state index is 0.293. The summed E-state index contributed by atoms with van der Waals surface area (Å²) in [6.45, 7) is 3.22. The van der Waals surface area contributed by atoms with E-state index in [1.807, 2.05) is 11.8 Å². The van der Waals surface area contributed by atoms with Crippen LogP contribution < -0.4 is 0 Å². The molecule has 0 aliphatic carbocycles. The Morgan fingerprint density at radius 3 is 2.80 bits per heavy atom. The van der Waals surface area contributed by atoms with Crippen LogP contribution in [-0.2, 0) is 4.74 Å². The number of methoxy groups -OCH3 is 1. The molecule has 1 unspecified atom stereocenters. The lowest BCUT2D eigenvalue weighted by molar-refractivity contribution is 0.218. The normalized spacial score (nSPS) is 13.5. The molecule has 0 fully saturated rings. The maximum atomic E-state index is 8.55. The van der Waals surface area contributed by atoms with Gasteiger partial charge in [-0.3, -0.25) is 0 Å². The summed E-state index contributed by atoms with van der Waals surface area (Å²) in [6, 6.07) is 0. The molecule has 0 aliphatic rings. The second kappa shape index (κ2) is 7.38. The largest absolute Gasteiger partial charge is 0.396 e. The molecular formula is C7H16O2S. The van der Waals surface area contributed by atoms with Gasteiger partial charge >= 0.3 is 0 Å². The lowest BCUT2D eigenvalue weighted by Crippen LogP contribution is -2.02. The summed E-state index contributed by atoms with van der Waals surface area (Å²) < 4.78 is 4.89. The average Bonchev–Trinajstić information content (AvgIpc) is 1.89. The van der Waals surface area contributed by atoms with Crippen LogP contribution in [0.25, 0.3) is 0 Å². The molecule has 0 aromatic carbocycles. The molecule has 1 N–H and O–H groups in total. The minimum atomic E-state index is 0.293. The van der Waals surface area contributed by atoms with Crippen LogP contribution in [0.4, 0.5) is 0 Å². The fraction of sp³-hybridized carbons (Fsp3) is 1.00. The molecule has 0 aromatic rings. The molecule has 2 nitrogen and oxygen atoms in total. The summed E-state index contributed by atoms with van der Waals surface area (Å²) in [6.07, 6.45) is 0.883. The molecule has 0 bridgehead atoms. The number of hydrogen-bond acceptors (Lipinski definition) is 3. The number of thioether (sulfide) groups is 1. The van der Waals surface area contributed by atoms with Gasteiger partial charge in [-0.05, 0) is 6.42 Å². The van der Waals surface area contributed by atoms with Crippen molar-refractivity contribution in [3.63, 3.8) is 0 Å². The van der Waals surface area contributed by atoms with Crippen LogP contribution in [0, 0.1) is 0 Å². The van der Waals surface area contributed by atoms with E-state index < -0.39 is 0 Å². The smallest absolute Gasteiger partial charge is 0.0553 e. The lowest BCUT2D eigenvalue weighted by atomic mass is 10.3. The molecule has 0 saturated carbocycles. The third-order valence-electron chi connectivity index (χ3n) is 1.23. The fourth-order valence-electron chi connectivity index (χ4n) is 0.598. The molecule has 0 heterocycles. The molecule has 62 valence electrons. The van der Waals surface area contributed by atoms with Gasteiger partial charge in [0.2, 0.25) is 0 Å². The van der Waals surface area contributed by atoms with Crippen molar-refractivity contribution in [2.75, 3.05) is 26.1 Å². The third-order valence-corrected chi connectivity index (χ3v) is 2.43. The van der Waals surface area contributed by atoms with Crippen molar-refractivity contribution in [2.24, 2.45) is 0 Å². The SMILES string of the molecule is COCCSC(C)CCO. The Morgan fingerprint density at radius 1 is 1.60 bits per heavy atom. The van der Waals surface area contributed by atoms with Crippen molar-refractivity contribution in [3.05, 3.63) is 0 Å². The van der Waals surface area contributed by atoms with Crippen molar-refractivity contribution in [2.45, 2.75) is 18.6 Å². The zero-order chi connectivity index (χ0) is 7.82. The summed E-state index contributed by atoms with van der Waals surface area (Å²) in [5, 5.41) is 9.10. The highest BCUT2D eigenvalue weighted by Crippen LogP contribution is 2.12. The quantitative estimate of drug-likeness (QED) is 0.597. The number of rotatable bonds is 6. The van der Waals surface area contributed by atoms with Crippen molar-refractivity contribution in [3.8, 4) is 0 Å². The van der Waals surface area contributed by atoms with Gasteiger partial charge < -0.3 is 9.84 Å². The van der Waals surface area contributed by atoms with Gasteiger partial charge in [-0.2, -0.15) is 11.8 Å². The van der Waals surface area contributed by atoms with E-state index in [2.05, 4.69) is 6.92 Å². The molecule has 0 aromatic heterocycles. The zero-order valence-corrected chi connectivity index (χ0v) is 7.49. The van der Waals surface area contributed by atoms with Crippen LogP contribution in [0.15, 0.2) is 0 Å². The molecule has 0 saturated heterocycles. The molecule has 0 amide bonds. The van der Waals surface area contributed by atoms with E-state index in [0.717, 1.165) is 18.8 Å². The Morgan fingerprint density at radius 2 is 2.30 bits per heavy atom. The van der Waals surface area contributed by atoms with Crippen molar-refractivity contribution in [1.29, 1.82) is 0 Å². The van der Waals surface area contributed by atoms with Gasteiger partial charge in [0, 0.05) is 24.7 Å². The Labute approximate surface area is 67.0 Å². The van der Waals surface area contributed by atoms with Crippen molar-refractivity contribution >= 4 is 11.8 Å². The molecule has 10 heavy (non-hydrogen) atoms. The molecule has 1 atom stereocenters. The van der Waals surface area contributed by atoms with Gasteiger partial charge in [0.05, 0.1) is 6.61 Å². The molecule has 0 radical (unpaired) electrons. The first-order valence-corrected chi connectivity index (χ1v) is 4.57. The topological polar surface area (TPSA) is 29.5 Å².